The van der Waals surface area contributed by atoms with Gasteiger partial charge in [0.1, 0.15) is 0 Å². The second-order valence-corrected chi connectivity index (χ2v) is 3.81. The lowest BCUT2D eigenvalue weighted by Gasteiger charge is -2.28. The molecule has 0 saturated heterocycles. The van der Waals surface area contributed by atoms with Crippen molar-refractivity contribution in [1.29, 1.82) is 0 Å². The Hall–Kier alpha value is -0.670. The predicted molar refractivity (Wildman–Crippen MR) is 53.9 cm³/mol. The minimum atomic E-state index is -2.52. The Morgan fingerprint density at radius 2 is 2.00 bits per heavy atom. The minimum absolute atomic E-state index is 0.131. The Kier molecular flexibility index (Phi) is 3.45. The predicted octanol–water partition coefficient (Wildman–Crippen LogP) is 2.82. The van der Waals surface area contributed by atoms with Crippen LogP contribution < -0.4 is 5.73 Å². The van der Waals surface area contributed by atoms with Crippen LogP contribution in [0.4, 0.5) is 8.78 Å². The lowest BCUT2D eigenvalue weighted by atomic mass is 9.83. The maximum atomic E-state index is 12.8. The van der Waals surface area contributed by atoms with Crippen molar-refractivity contribution in [2.24, 2.45) is 5.73 Å². The van der Waals surface area contributed by atoms with Gasteiger partial charge in [0.2, 0.25) is 6.43 Å². The smallest absolute Gasteiger partial charge is 0.249 e. The molecule has 0 aliphatic carbocycles. The molecule has 0 amide bonds. The van der Waals surface area contributed by atoms with Crippen molar-refractivity contribution < 1.29 is 8.78 Å². The molecule has 0 radical (unpaired) electrons. The van der Waals surface area contributed by atoms with Crippen molar-refractivity contribution >= 4 is 11.6 Å². The van der Waals surface area contributed by atoms with Crippen molar-refractivity contribution in [3.63, 3.8) is 0 Å². The van der Waals surface area contributed by atoms with E-state index in [9.17, 15) is 8.78 Å². The zero-order valence-electron chi connectivity index (χ0n) is 7.81. The molecule has 78 valence electrons. The summed E-state index contributed by atoms with van der Waals surface area (Å²) in [4.78, 5) is 0. The number of benzene rings is 1. The number of hydrogen-bond acceptors (Lipinski definition) is 1. The van der Waals surface area contributed by atoms with Gasteiger partial charge in [-0.05, 0) is 18.6 Å². The summed E-state index contributed by atoms with van der Waals surface area (Å²) in [5.74, 6) is 0. The van der Waals surface area contributed by atoms with Gasteiger partial charge in [0.25, 0.3) is 0 Å². The molecule has 0 aromatic heterocycles. The Labute approximate surface area is 86.9 Å². The third kappa shape index (κ3) is 1.88. The van der Waals surface area contributed by atoms with Crippen LogP contribution in [0.1, 0.15) is 12.5 Å². The van der Waals surface area contributed by atoms with Crippen LogP contribution in [0.15, 0.2) is 24.3 Å². The Morgan fingerprint density at radius 1 is 1.43 bits per heavy atom. The van der Waals surface area contributed by atoms with Crippen molar-refractivity contribution in [3.05, 3.63) is 34.9 Å². The molecular weight excluding hydrogens is 208 g/mol. The first kappa shape index (κ1) is 11.4. The summed E-state index contributed by atoms with van der Waals surface area (Å²) in [6.45, 7) is 1.28. The van der Waals surface area contributed by atoms with Crippen molar-refractivity contribution in [3.8, 4) is 0 Å². The molecule has 1 aromatic carbocycles. The molecular formula is C10H12ClF2N. The number of hydrogen-bond donors (Lipinski definition) is 1. The van der Waals surface area contributed by atoms with Crippen LogP contribution in [-0.2, 0) is 5.41 Å². The molecule has 0 bridgehead atoms. The van der Waals surface area contributed by atoms with Crippen LogP contribution >= 0.6 is 11.6 Å². The number of alkyl halides is 2. The molecule has 0 heterocycles. The lowest BCUT2D eigenvalue weighted by molar-refractivity contribution is 0.0638. The molecule has 0 spiro atoms. The molecule has 1 atom stereocenters. The quantitative estimate of drug-likeness (QED) is 0.831. The van der Waals surface area contributed by atoms with Gasteiger partial charge in [-0.3, -0.25) is 0 Å². The SMILES string of the molecule is CC(CN)(c1ccccc1Cl)C(F)F. The van der Waals surface area contributed by atoms with Gasteiger partial charge in [0.05, 0.1) is 5.41 Å². The molecule has 1 nitrogen and oxygen atoms in total. The maximum absolute atomic E-state index is 12.8. The summed E-state index contributed by atoms with van der Waals surface area (Å²) in [5, 5.41) is 0.334. The van der Waals surface area contributed by atoms with E-state index >= 15 is 0 Å². The van der Waals surface area contributed by atoms with Crippen LogP contribution in [0.3, 0.4) is 0 Å². The van der Waals surface area contributed by atoms with Gasteiger partial charge >= 0.3 is 0 Å². The van der Waals surface area contributed by atoms with Crippen molar-refractivity contribution in [2.45, 2.75) is 18.8 Å². The fourth-order valence-corrected chi connectivity index (χ4v) is 1.59. The van der Waals surface area contributed by atoms with Crippen molar-refractivity contribution in [1.82, 2.24) is 0 Å². The first-order valence-corrected chi connectivity index (χ1v) is 4.63. The second-order valence-electron chi connectivity index (χ2n) is 3.40. The van der Waals surface area contributed by atoms with E-state index in [1.165, 1.54) is 6.92 Å². The molecule has 1 unspecified atom stereocenters. The molecule has 0 saturated carbocycles. The molecule has 1 rings (SSSR count). The summed E-state index contributed by atoms with van der Waals surface area (Å²) >= 11 is 5.84. The van der Waals surface area contributed by atoms with E-state index in [0.717, 1.165) is 0 Å². The minimum Gasteiger partial charge on any atom is -0.329 e. The van der Waals surface area contributed by atoms with Crippen LogP contribution in [0.25, 0.3) is 0 Å². The normalized spacial score (nSPS) is 15.6. The number of halogens is 3. The van der Waals surface area contributed by atoms with Crippen LogP contribution in [0, 0.1) is 0 Å². The first-order valence-electron chi connectivity index (χ1n) is 4.25. The fraction of sp³-hybridized carbons (Fsp3) is 0.400. The third-order valence-corrected chi connectivity index (χ3v) is 2.72. The average molecular weight is 220 g/mol. The topological polar surface area (TPSA) is 26.0 Å². The second kappa shape index (κ2) is 4.24. The monoisotopic (exact) mass is 219 g/mol. The standard InChI is InChI=1S/C10H12ClF2N/c1-10(6-14,9(12)13)7-4-2-3-5-8(7)11/h2-5,9H,6,14H2,1H3. The molecule has 0 aliphatic heterocycles. The molecule has 0 fully saturated rings. The van der Waals surface area contributed by atoms with Crippen LogP contribution in [0.2, 0.25) is 5.02 Å². The highest BCUT2D eigenvalue weighted by Crippen LogP contribution is 2.34. The van der Waals surface area contributed by atoms with Gasteiger partial charge in [-0.25, -0.2) is 8.78 Å². The number of rotatable bonds is 3. The van der Waals surface area contributed by atoms with Gasteiger partial charge < -0.3 is 5.73 Å². The highest BCUT2D eigenvalue weighted by atomic mass is 35.5. The summed E-state index contributed by atoms with van der Waals surface area (Å²) in [6, 6.07) is 6.56. The maximum Gasteiger partial charge on any atom is 0.249 e. The first-order chi connectivity index (χ1) is 6.52. The summed E-state index contributed by atoms with van der Waals surface area (Å²) < 4.78 is 25.6. The largest absolute Gasteiger partial charge is 0.329 e. The number of nitrogens with two attached hydrogens (primary N) is 1. The Bertz CT molecular complexity index is 317. The van der Waals surface area contributed by atoms with E-state index < -0.39 is 11.8 Å². The van der Waals surface area contributed by atoms with Gasteiger partial charge in [-0.1, -0.05) is 29.8 Å². The highest BCUT2D eigenvalue weighted by molar-refractivity contribution is 6.31. The van der Waals surface area contributed by atoms with Crippen molar-refractivity contribution in [2.75, 3.05) is 6.54 Å². The zero-order valence-corrected chi connectivity index (χ0v) is 8.56. The molecule has 4 heteroatoms. The van der Waals surface area contributed by atoms with Gasteiger partial charge in [-0.2, -0.15) is 0 Å². The molecule has 14 heavy (non-hydrogen) atoms. The summed E-state index contributed by atoms with van der Waals surface area (Å²) in [6.07, 6.45) is -2.52. The van der Waals surface area contributed by atoms with Crippen LogP contribution in [0.5, 0.6) is 0 Å². The van der Waals surface area contributed by atoms with E-state index in [1.54, 1.807) is 24.3 Å². The van der Waals surface area contributed by atoms with Gasteiger partial charge in [-0.15, -0.1) is 0 Å². The third-order valence-electron chi connectivity index (χ3n) is 2.39. The van der Waals surface area contributed by atoms with E-state index in [2.05, 4.69) is 0 Å². The average Bonchev–Trinajstić information content (AvgIpc) is 2.17. The van der Waals surface area contributed by atoms with Crippen LogP contribution in [-0.4, -0.2) is 13.0 Å². The Balaban J connectivity index is 3.19. The summed E-state index contributed by atoms with van der Waals surface area (Å²) in [5.41, 5.74) is 4.41. The van der Waals surface area contributed by atoms with Gasteiger partial charge in [0, 0.05) is 11.6 Å². The van der Waals surface area contributed by atoms with E-state index in [4.69, 9.17) is 17.3 Å². The molecule has 0 aliphatic rings. The van der Waals surface area contributed by atoms with Gasteiger partial charge in [0.15, 0.2) is 0 Å². The highest BCUT2D eigenvalue weighted by Gasteiger charge is 2.36. The van der Waals surface area contributed by atoms with E-state index in [0.29, 0.717) is 10.6 Å². The summed E-state index contributed by atoms with van der Waals surface area (Å²) in [7, 11) is 0. The zero-order chi connectivity index (χ0) is 10.8. The molecule has 2 N–H and O–H groups in total. The van der Waals surface area contributed by atoms with E-state index in [1.807, 2.05) is 0 Å². The molecule has 1 aromatic rings. The Morgan fingerprint density at radius 3 is 2.43 bits per heavy atom. The lowest BCUT2D eigenvalue weighted by Crippen LogP contribution is -2.39. The van der Waals surface area contributed by atoms with E-state index in [-0.39, 0.29) is 6.54 Å². The fourth-order valence-electron chi connectivity index (χ4n) is 1.24.